The van der Waals surface area contributed by atoms with E-state index in [1.165, 1.54) is 33.5 Å². The van der Waals surface area contributed by atoms with Crippen LogP contribution in [0.15, 0.2) is 102 Å². The Morgan fingerprint density at radius 3 is 2.20 bits per heavy atom. The Hall–Kier alpha value is -3.39. The van der Waals surface area contributed by atoms with Crippen molar-refractivity contribution in [2.45, 2.75) is 26.2 Å². The molecule has 0 spiro atoms. The molecule has 0 aliphatic heterocycles. The van der Waals surface area contributed by atoms with Gasteiger partial charge in [0.2, 0.25) is 5.69 Å². The lowest BCUT2D eigenvalue weighted by Crippen LogP contribution is -2.11. The summed E-state index contributed by atoms with van der Waals surface area (Å²) in [4.78, 5) is 0. The number of aryl methyl sites for hydroxylation is 1. The van der Waals surface area contributed by atoms with Crippen LogP contribution in [0.1, 0.15) is 30.4 Å². The molecule has 0 aromatic heterocycles. The minimum absolute atomic E-state index is 1.08. The van der Waals surface area contributed by atoms with Crippen LogP contribution in [-0.2, 0) is 0 Å². The van der Waals surface area contributed by atoms with E-state index in [-0.39, 0.29) is 0 Å². The van der Waals surface area contributed by atoms with Crippen molar-refractivity contribution < 1.29 is 4.58 Å². The van der Waals surface area contributed by atoms with Crippen molar-refractivity contribution in [1.82, 2.24) is 0 Å². The van der Waals surface area contributed by atoms with Crippen LogP contribution in [0.2, 0.25) is 0 Å². The standard InChI is InChI=1S/C28H28N2/c1-22-12-9-10-19-27(22)28-23(20-29-25-15-5-3-6-16-25)13-11-14-24(28)21-30(2)26-17-7-4-8-18-26/h3-10,12,15-21H,11,13-14H2,1-2H3/p+1. The molecule has 4 rings (SSSR count). The summed E-state index contributed by atoms with van der Waals surface area (Å²) in [5.41, 5.74) is 9.08. The lowest BCUT2D eigenvalue weighted by atomic mass is 9.82. The highest BCUT2D eigenvalue weighted by Gasteiger charge is 2.21. The van der Waals surface area contributed by atoms with E-state index in [0.717, 1.165) is 24.9 Å². The normalized spacial score (nSPS) is 16.1. The first-order chi connectivity index (χ1) is 14.7. The minimum atomic E-state index is 1.08. The third kappa shape index (κ3) is 4.60. The van der Waals surface area contributed by atoms with Crippen molar-refractivity contribution in [3.8, 4) is 0 Å². The highest BCUT2D eigenvalue weighted by molar-refractivity contribution is 5.96. The van der Waals surface area contributed by atoms with Gasteiger partial charge in [0.05, 0.1) is 0 Å². The van der Waals surface area contributed by atoms with E-state index < -0.39 is 0 Å². The molecule has 3 aromatic carbocycles. The molecule has 0 bridgehead atoms. The zero-order valence-corrected chi connectivity index (χ0v) is 17.8. The molecule has 0 unspecified atom stereocenters. The van der Waals surface area contributed by atoms with Gasteiger partial charge in [0.15, 0.2) is 6.21 Å². The molecule has 1 aliphatic carbocycles. The summed E-state index contributed by atoms with van der Waals surface area (Å²) in [5.74, 6) is 0. The number of allylic oxidation sites excluding steroid dienone is 3. The molecule has 0 radical (unpaired) electrons. The van der Waals surface area contributed by atoms with E-state index in [9.17, 15) is 0 Å². The van der Waals surface area contributed by atoms with Gasteiger partial charge in [0.1, 0.15) is 7.05 Å². The van der Waals surface area contributed by atoms with Gasteiger partial charge < -0.3 is 5.32 Å². The number of nitrogens with one attached hydrogen (secondary N) is 1. The molecule has 1 N–H and O–H groups in total. The number of hydrogen-bond donors (Lipinski definition) is 1. The highest BCUT2D eigenvalue weighted by atomic mass is 15.0. The SMILES string of the molecule is Cc1ccccc1C1=C(C=[N+](C)c2ccccc2)CCC/C1=C\Nc1ccccc1. The maximum Gasteiger partial charge on any atom is 0.204 e. The van der Waals surface area contributed by atoms with Crippen LogP contribution in [-0.4, -0.2) is 17.8 Å². The Balaban J connectivity index is 1.80. The van der Waals surface area contributed by atoms with Gasteiger partial charge in [-0.3, -0.25) is 0 Å². The summed E-state index contributed by atoms with van der Waals surface area (Å²) < 4.78 is 2.24. The average Bonchev–Trinajstić information content (AvgIpc) is 2.80. The zero-order valence-electron chi connectivity index (χ0n) is 17.8. The first-order valence-electron chi connectivity index (χ1n) is 10.7. The van der Waals surface area contributed by atoms with E-state index in [1.54, 1.807) is 0 Å². The molecule has 0 atom stereocenters. The third-order valence-electron chi connectivity index (χ3n) is 5.65. The van der Waals surface area contributed by atoms with Crippen LogP contribution in [0.4, 0.5) is 11.4 Å². The monoisotopic (exact) mass is 393 g/mol. The summed E-state index contributed by atoms with van der Waals surface area (Å²) in [6.07, 6.45) is 7.84. The fraction of sp³-hybridized carbons (Fsp3) is 0.179. The van der Waals surface area contributed by atoms with Crippen molar-refractivity contribution in [2.24, 2.45) is 0 Å². The lowest BCUT2D eigenvalue weighted by molar-refractivity contribution is -0.399. The maximum atomic E-state index is 3.52. The van der Waals surface area contributed by atoms with Crippen molar-refractivity contribution in [1.29, 1.82) is 0 Å². The first-order valence-corrected chi connectivity index (χ1v) is 10.7. The van der Waals surface area contributed by atoms with E-state index in [1.807, 2.05) is 6.07 Å². The predicted molar refractivity (Wildman–Crippen MR) is 128 cm³/mol. The number of benzene rings is 3. The number of rotatable bonds is 5. The molecule has 2 nitrogen and oxygen atoms in total. The van der Waals surface area contributed by atoms with Crippen molar-refractivity contribution in [3.63, 3.8) is 0 Å². The molecular formula is C28H29N2+. The van der Waals surface area contributed by atoms with Crippen LogP contribution in [0.5, 0.6) is 0 Å². The fourth-order valence-corrected chi connectivity index (χ4v) is 4.07. The van der Waals surface area contributed by atoms with Crippen LogP contribution in [0.3, 0.4) is 0 Å². The molecule has 2 heteroatoms. The van der Waals surface area contributed by atoms with E-state index >= 15 is 0 Å². The van der Waals surface area contributed by atoms with Gasteiger partial charge in [-0.05, 0) is 60.6 Å². The molecule has 150 valence electrons. The van der Waals surface area contributed by atoms with Gasteiger partial charge in [-0.15, -0.1) is 0 Å². The molecular weight excluding hydrogens is 364 g/mol. The van der Waals surface area contributed by atoms with Gasteiger partial charge in [0.25, 0.3) is 0 Å². The Kier molecular flexibility index (Phi) is 6.24. The molecule has 0 heterocycles. The quantitative estimate of drug-likeness (QED) is 0.365. The van der Waals surface area contributed by atoms with E-state index in [2.05, 4.69) is 115 Å². The molecule has 0 saturated carbocycles. The Morgan fingerprint density at radius 1 is 0.800 bits per heavy atom. The summed E-state index contributed by atoms with van der Waals surface area (Å²) in [5, 5.41) is 3.52. The molecule has 3 aromatic rings. The Labute approximate surface area is 179 Å². The predicted octanol–water partition coefficient (Wildman–Crippen LogP) is 6.97. The zero-order chi connectivity index (χ0) is 20.8. The highest BCUT2D eigenvalue weighted by Crippen LogP contribution is 2.37. The fourth-order valence-electron chi connectivity index (χ4n) is 4.07. The molecule has 0 fully saturated rings. The number of para-hydroxylation sites is 2. The molecule has 30 heavy (non-hydrogen) atoms. The largest absolute Gasteiger partial charge is 0.361 e. The summed E-state index contributed by atoms with van der Waals surface area (Å²) in [6.45, 7) is 2.21. The molecule has 0 saturated heterocycles. The van der Waals surface area contributed by atoms with Crippen molar-refractivity contribution in [2.75, 3.05) is 12.4 Å². The smallest absolute Gasteiger partial charge is 0.204 e. The van der Waals surface area contributed by atoms with Gasteiger partial charge in [-0.2, -0.15) is 0 Å². The number of nitrogens with zero attached hydrogens (tertiary/aromatic N) is 1. The lowest BCUT2D eigenvalue weighted by Gasteiger charge is -2.22. The number of anilines is 1. The van der Waals surface area contributed by atoms with Gasteiger partial charge in [-0.25, -0.2) is 4.58 Å². The second kappa shape index (κ2) is 9.41. The Bertz CT molecular complexity index is 1090. The summed E-state index contributed by atoms with van der Waals surface area (Å²) in [7, 11) is 2.14. The summed E-state index contributed by atoms with van der Waals surface area (Å²) in [6, 6.07) is 29.7. The van der Waals surface area contributed by atoms with Gasteiger partial charge >= 0.3 is 0 Å². The number of hydrogen-bond acceptors (Lipinski definition) is 1. The van der Waals surface area contributed by atoms with Crippen LogP contribution in [0.25, 0.3) is 5.57 Å². The average molecular weight is 394 g/mol. The van der Waals surface area contributed by atoms with Crippen LogP contribution >= 0.6 is 0 Å². The van der Waals surface area contributed by atoms with Gasteiger partial charge in [-0.1, -0.05) is 60.7 Å². The van der Waals surface area contributed by atoms with E-state index in [4.69, 9.17) is 0 Å². The Morgan fingerprint density at radius 2 is 1.47 bits per heavy atom. The van der Waals surface area contributed by atoms with Crippen molar-refractivity contribution >= 4 is 23.2 Å². The van der Waals surface area contributed by atoms with Crippen LogP contribution in [0, 0.1) is 6.92 Å². The first kappa shape index (κ1) is 19.9. The molecule has 0 amide bonds. The minimum Gasteiger partial charge on any atom is -0.361 e. The second-order valence-corrected chi connectivity index (χ2v) is 7.82. The van der Waals surface area contributed by atoms with Gasteiger partial charge in [0, 0.05) is 29.6 Å². The van der Waals surface area contributed by atoms with Crippen molar-refractivity contribution in [3.05, 3.63) is 113 Å². The van der Waals surface area contributed by atoms with E-state index in [0.29, 0.717) is 0 Å². The third-order valence-corrected chi connectivity index (χ3v) is 5.65. The maximum absolute atomic E-state index is 3.52. The molecule has 1 aliphatic rings. The van der Waals surface area contributed by atoms with Crippen LogP contribution < -0.4 is 5.32 Å². The topological polar surface area (TPSA) is 15.0 Å². The second-order valence-electron chi connectivity index (χ2n) is 7.82. The summed E-state index contributed by atoms with van der Waals surface area (Å²) >= 11 is 0.